The highest BCUT2D eigenvalue weighted by Crippen LogP contribution is 2.21. The lowest BCUT2D eigenvalue weighted by atomic mass is 9.94. The van der Waals surface area contributed by atoms with E-state index in [9.17, 15) is 4.79 Å². The molecule has 146 valence electrons. The minimum absolute atomic E-state index is 0.000137. The number of benzene rings is 2. The van der Waals surface area contributed by atoms with Crippen LogP contribution < -0.4 is 5.32 Å². The summed E-state index contributed by atoms with van der Waals surface area (Å²) in [7, 11) is 0. The second-order valence-corrected chi connectivity index (χ2v) is 7.83. The van der Waals surface area contributed by atoms with Gasteiger partial charge in [-0.25, -0.2) is 0 Å². The Hall–Kier alpha value is -2.66. The summed E-state index contributed by atoms with van der Waals surface area (Å²) in [5.41, 5.74) is 1.53. The minimum Gasteiger partial charge on any atom is -0.421 e. The van der Waals surface area contributed by atoms with Gasteiger partial charge in [0.25, 0.3) is 0 Å². The number of aromatic nitrogens is 2. The van der Waals surface area contributed by atoms with E-state index in [1.807, 2.05) is 68.4 Å². The van der Waals surface area contributed by atoms with Crippen molar-refractivity contribution in [3.8, 4) is 11.5 Å². The number of amides is 1. The number of rotatable bonds is 8. The molecule has 1 aromatic heterocycles. The molecule has 0 unspecified atom stereocenters. The number of nitrogens with one attached hydrogen (secondary N) is 1. The Bertz CT molecular complexity index is 922. The Kier molecular flexibility index (Phi) is 6.47. The molecule has 6 heteroatoms. The molecule has 3 aromatic rings. The molecule has 0 saturated carbocycles. The monoisotopic (exact) mass is 397 g/mol. The Balaban J connectivity index is 1.47. The van der Waals surface area contributed by atoms with Crippen LogP contribution in [0.4, 0.5) is 0 Å². The van der Waals surface area contributed by atoms with E-state index in [2.05, 4.69) is 15.5 Å². The molecule has 1 heterocycles. The highest BCUT2D eigenvalue weighted by Gasteiger charge is 2.22. The van der Waals surface area contributed by atoms with E-state index in [1.54, 1.807) is 0 Å². The standard InChI is InChI=1S/C22H24ClN3O2/c1-22(2,15-17-11-6-7-12-18(17)23)24-19(27)13-8-14-20-25-26-21(28-20)16-9-4-3-5-10-16/h3-7,9-12H,8,13-15H2,1-2H3,(H,24,27). The van der Waals surface area contributed by atoms with Crippen LogP contribution in [0.15, 0.2) is 59.0 Å². The third-order valence-electron chi connectivity index (χ3n) is 4.35. The highest BCUT2D eigenvalue weighted by molar-refractivity contribution is 6.31. The number of hydrogen-bond acceptors (Lipinski definition) is 4. The van der Waals surface area contributed by atoms with Crippen LogP contribution in [-0.2, 0) is 17.6 Å². The van der Waals surface area contributed by atoms with Crippen LogP contribution in [0.2, 0.25) is 5.02 Å². The minimum atomic E-state index is -0.382. The number of aryl methyl sites for hydroxylation is 1. The number of hydrogen-bond donors (Lipinski definition) is 1. The molecule has 0 aliphatic carbocycles. The molecule has 0 fully saturated rings. The first kappa shape index (κ1) is 20.1. The average Bonchev–Trinajstić information content (AvgIpc) is 3.13. The van der Waals surface area contributed by atoms with E-state index < -0.39 is 0 Å². The van der Waals surface area contributed by atoms with E-state index in [1.165, 1.54) is 0 Å². The van der Waals surface area contributed by atoms with E-state index in [-0.39, 0.29) is 11.4 Å². The molecule has 3 rings (SSSR count). The molecule has 28 heavy (non-hydrogen) atoms. The van der Waals surface area contributed by atoms with Crippen LogP contribution in [0.25, 0.3) is 11.5 Å². The van der Waals surface area contributed by atoms with Crippen molar-refractivity contribution in [2.75, 3.05) is 0 Å². The molecule has 0 aliphatic rings. The summed E-state index contributed by atoms with van der Waals surface area (Å²) < 4.78 is 5.68. The van der Waals surface area contributed by atoms with Crippen LogP contribution >= 0.6 is 11.6 Å². The first-order chi connectivity index (χ1) is 13.4. The van der Waals surface area contributed by atoms with Gasteiger partial charge in [-0.15, -0.1) is 10.2 Å². The van der Waals surface area contributed by atoms with Gasteiger partial charge in [0.05, 0.1) is 0 Å². The van der Waals surface area contributed by atoms with Crippen molar-refractivity contribution in [2.45, 2.75) is 45.1 Å². The topological polar surface area (TPSA) is 68.0 Å². The number of halogens is 1. The van der Waals surface area contributed by atoms with Crippen molar-refractivity contribution in [1.29, 1.82) is 0 Å². The van der Waals surface area contributed by atoms with Crippen molar-refractivity contribution in [3.05, 3.63) is 71.1 Å². The summed E-state index contributed by atoms with van der Waals surface area (Å²) in [6.07, 6.45) is 2.28. The molecular weight excluding hydrogens is 374 g/mol. The molecular formula is C22H24ClN3O2. The van der Waals surface area contributed by atoms with Crippen molar-refractivity contribution in [2.24, 2.45) is 0 Å². The van der Waals surface area contributed by atoms with Gasteiger partial charge in [0.15, 0.2) is 0 Å². The first-order valence-electron chi connectivity index (χ1n) is 9.35. The largest absolute Gasteiger partial charge is 0.421 e. The fourth-order valence-electron chi connectivity index (χ4n) is 3.05. The molecule has 0 saturated heterocycles. The molecule has 0 spiro atoms. The quantitative estimate of drug-likeness (QED) is 0.589. The van der Waals surface area contributed by atoms with Gasteiger partial charge in [0.1, 0.15) is 0 Å². The van der Waals surface area contributed by atoms with Crippen LogP contribution in [0.3, 0.4) is 0 Å². The number of carbonyl (C=O) groups excluding carboxylic acids is 1. The van der Waals surface area contributed by atoms with Gasteiger partial charge in [-0.05, 0) is 50.5 Å². The molecule has 0 bridgehead atoms. The third kappa shape index (κ3) is 5.67. The van der Waals surface area contributed by atoms with Crippen molar-refractivity contribution >= 4 is 17.5 Å². The van der Waals surface area contributed by atoms with Gasteiger partial charge in [-0.2, -0.15) is 0 Å². The van der Waals surface area contributed by atoms with Gasteiger partial charge < -0.3 is 9.73 Å². The van der Waals surface area contributed by atoms with Gasteiger partial charge in [0, 0.05) is 29.0 Å². The summed E-state index contributed by atoms with van der Waals surface area (Å²) in [5.74, 6) is 1.04. The highest BCUT2D eigenvalue weighted by atomic mass is 35.5. The fraction of sp³-hybridized carbons (Fsp3) is 0.318. The molecule has 2 aromatic carbocycles. The molecule has 1 amide bonds. The third-order valence-corrected chi connectivity index (χ3v) is 4.72. The van der Waals surface area contributed by atoms with Crippen LogP contribution in [-0.4, -0.2) is 21.6 Å². The van der Waals surface area contributed by atoms with Gasteiger partial charge >= 0.3 is 0 Å². The molecule has 5 nitrogen and oxygen atoms in total. The lowest BCUT2D eigenvalue weighted by molar-refractivity contribution is -0.122. The lowest BCUT2D eigenvalue weighted by Gasteiger charge is -2.27. The van der Waals surface area contributed by atoms with E-state index >= 15 is 0 Å². The Morgan fingerprint density at radius 1 is 1.07 bits per heavy atom. The predicted molar refractivity (Wildman–Crippen MR) is 110 cm³/mol. The number of nitrogens with zero attached hydrogens (tertiary/aromatic N) is 2. The van der Waals surface area contributed by atoms with Crippen LogP contribution in [0.1, 0.15) is 38.1 Å². The molecule has 1 N–H and O–H groups in total. The van der Waals surface area contributed by atoms with E-state index in [0.717, 1.165) is 16.1 Å². The Labute approximate surface area is 170 Å². The van der Waals surface area contributed by atoms with Gasteiger partial charge in [0.2, 0.25) is 17.7 Å². The number of carbonyl (C=O) groups is 1. The SMILES string of the molecule is CC(C)(Cc1ccccc1Cl)NC(=O)CCCc1nnc(-c2ccccc2)o1. The van der Waals surface area contributed by atoms with E-state index in [0.29, 0.717) is 37.5 Å². The van der Waals surface area contributed by atoms with Crippen molar-refractivity contribution in [3.63, 3.8) is 0 Å². The van der Waals surface area contributed by atoms with Crippen LogP contribution in [0.5, 0.6) is 0 Å². The Morgan fingerprint density at radius 2 is 1.79 bits per heavy atom. The second kappa shape index (κ2) is 9.02. The summed E-state index contributed by atoms with van der Waals surface area (Å²) in [6, 6.07) is 17.3. The summed E-state index contributed by atoms with van der Waals surface area (Å²) in [4.78, 5) is 12.3. The fourth-order valence-corrected chi connectivity index (χ4v) is 3.26. The predicted octanol–water partition coefficient (Wildman–Crippen LogP) is 4.85. The molecule has 0 radical (unpaired) electrons. The van der Waals surface area contributed by atoms with Gasteiger partial charge in [-0.1, -0.05) is 48.0 Å². The summed E-state index contributed by atoms with van der Waals surface area (Å²) >= 11 is 6.23. The first-order valence-corrected chi connectivity index (χ1v) is 9.73. The average molecular weight is 398 g/mol. The maximum absolute atomic E-state index is 12.3. The second-order valence-electron chi connectivity index (χ2n) is 7.42. The zero-order chi connectivity index (χ0) is 20.0. The maximum atomic E-state index is 12.3. The summed E-state index contributed by atoms with van der Waals surface area (Å²) in [5, 5.41) is 11.9. The Morgan fingerprint density at radius 3 is 2.54 bits per heavy atom. The van der Waals surface area contributed by atoms with Gasteiger partial charge in [-0.3, -0.25) is 4.79 Å². The zero-order valence-corrected chi connectivity index (χ0v) is 16.9. The lowest BCUT2D eigenvalue weighted by Crippen LogP contribution is -2.45. The van der Waals surface area contributed by atoms with Crippen molar-refractivity contribution in [1.82, 2.24) is 15.5 Å². The zero-order valence-electron chi connectivity index (χ0n) is 16.1. The normalized spacial score (nSPS) is 11.4. The summed E-state index contributed by atoms with van der Waals surface area (Å²) in [6.45, 7) is 4.00. The van der Waals surface area contributed by atoms with E-state index in [4.69, 9.17) is 16.0 Å². The maximum Gasteiger partial charge on any atom is 0.247 e. The molecule has 0 aliphatic heterocycles. The molecule has 0 atom stereocenters. The van der Waals surface area contributed by atoms with Crippen LogP contribution in [0, 0.1) is 0 Å². The van der Waals surface area contributed by atoms with Crippen molar-refractivity contribution < 1.29 is 9.21 Å². The smallest absolute Gasteiger partial charge is 0.247 e.